The van der Waals surface area contributed by atoms with Gasteiger partial charge in [-0.3, -0.25) is 0 Å². The van der Waals surface area contributed by atoms with Gasteiger partial charge in [-0.25, -0.2) is 4.79 Å². The second kappa shape index (κ2) is 9.78. The summed E-state index contributed by atoms with van der Waals surface area (Å²) in [5.74, 6) is 0. The highest BCUT2D eigenvalue weighted by molar-refractivity contribution is 5.80. The van der Waals surface area contributed by atoms with Crippen LogP contribution in [0.3, 0.4) is 0 Å². The minimum atomic E-state index is -0.526. The highest BCUT2D eigenvalue weighted by Crippen LogP contribution is 2.25. The third kappa shape index (κ3) is 7.15. The van der Waals surface area contributed by atoms with Crippen LogP contribution in [0.25, 0.3) is 5.57 Å². The van der Waals surface area contributed by atoms with E-state index in [0.29, 0.717) is 12.1 Å². The summed E-state index contributed by atoms with van der Waals surface area (Å²) in [5, 5.41) is 12.2. The van der Waals surface area contributed by atoms with E-state index in [0.717, 1.165) is 27.8 Å². The molecule has 0 unspecified atom stereocenters. The third-order valence-corrected chi connectivity index (χ3v) is 3.92. The molecule has 1 rings (SSSR count). The van der Waals surface area contributed by atoms with Crippen molar-refractivity contribution in [3.05, 3.63) is 64.3 Å². The Morgan fingerprint density at radius 1 is 1.26 bits per heavy atom. The summed E-state index contributed by atoms with van der Waals surface area (Å²) in [6, 6.07) is 7.98. The summed E-state index contributed by atoms with van der Waals surface area (Å²) in [5.41, 5.74) is 5.18. The molecule has 27 heavy (non-hydrogen) atoms. The van der Waals surface area contributed by atoms with Crippen LogP contribution in [0.2, 0.25) is 0 Å². The number of hydrogen-bond acceptors (Lipinski definition) is 3. The Balaban J connectivity index is 3.01. The maximum Gasteiger partial charge on any atom is 0.407 e. The van der Waals surface area contributed by atoms with E-state index in [1.807, 2.05) is 84.9 Å². The molecule has 1 N–H and O–H groups in total. The summed E-state index contributed by atoms with van der Waals surface area (Å²) < 4.78 is 5.29. The Kier molecular flexibility index (Phi) is 8.05. The minimum absolute atomic E-state index is 0.379. The van der Waals surface area contributed by atoms with Crippen LogP contribution in [0.15, 0.2) is 47.6 Å². The van der Waals surface area contributed by atoms with Gasteiger partial charge >= 0.3 is 6.09 Å². The lowest BCUT2D eigenvalue weighted by Gasteiger charge is -2.20. The summed E-state index contributed by atoms with van der Waals surface area (Å²) in [6.07, 6.45) is 5.52. The number of hydrogen-bond donors (Lipinski definition) is 1. The lowest BCUT2D eigenvalue weighted by molar-refractivity contribution is 0.0533. The van der Waals surface area contributed by atoms with Crippen LogP contribution in [0.4, 0.5) is 4.79 Å². The van der Waals surface area contributed by atoms with Gasteiger partial charge in [-0.05, 0) is 71.2 Å². The average molecular weight is 367 g/mol. The number of aryl methyl sites for hydroxylation is 1. The molecule has 144 valence electrons. The van der Waals surface area contributed by atoms with E-state index in [9.17, 15) is 10.1 Å². The topological polar surface area (TPSA) is 62.1 Å². The van der Waals surface area contributed by atoms with Crippen molar-refractivity contribution in [2.45, 2.75) is 54.1 Å². The standard InChI is InChI=1S/C23H30N2O2/c1-8-18(21-17(4)10-9-11-19(21)14-24)12-13-20(16(2)3)15-25-22(26)27-23(5,6)7/h8-13H,15H2,1-7H3,(H,25,26)/b13-12-,18-8+. The van der Waals surface area contributed by atoms with E-state index in [4.69, 9.17) is 4.74 Å². The number of rotatable bonds is 5. The van der Waals surface area contributed by atoms with Crippen molar-refractivity contribution >= 4 is 11.7 Å². The molecule has 0 heterocycles. The summed E-state index contributed by atoms with van der Waals surface area (Å²) in [7, 11) is 0. The fourth-order valence-electron chi connectivity index (χ4n) is 2.54. The van der Waals surface area contributed by atoms with Gasteiger partial charge in [-0.2, -0.15) is 5.26 Å². The number of carbonyl (C=O) groups excluding carboxylic acids is 1. The first-order chi connectivity index (χ1) is 12.6. The fraction of sp³-hybridized carbons (Fsp3) is 0.391. The molecule has 0 fully saturated rings. The fourth-order valence-corrected chi connectivity index (χ4v) is 2.54. The Hall–Kier alpha value is -2.80. The van der Waals surface area contributed by atoms with Crippen molar-refractivity contribution in [2.75, 3.05) is 6.54 Å². The number of nitriles is 1. The van der Waals surface area contributed by atoms with Gasteiger partial charge in [0.25, 0.3) is 0 Å². The van der Waals surface area contributed by atoms with Gasteiger partial charge in [0.1, 0.15) is 5.60 Å². The monoisotopic (exact) mass is 366 g/mol. The van der Waals surface area contributed by atoms with Crippen molar-refractivity contribution in [3.8, 4) is 6.07 Å². The molecular weight excluding hydrogens is 336 g/mol. The molecule has 0 aliphatic heterocycles. The second-order valence-electron chi connectivity index (χ2n) is 7.57. The van der Waals surface area contributed by atoms with E-state index >= 15 is 0 Å². The van der Waals surface area contributed by atoms with Crippen molar-refractivity contribution in [3.63, 3.8) is 0 Å². The van der Waals surface area contributed by atoms with Gasteiger partial charge in [0, 0.05) is 12.1 Å². The van der Waals surface area contributed by atoms with Crippen LogP contribution in [0.5, 0.6) is 0 Å². The first kappa shape index (κ1) is 22.2. The number of amides is 1. The predicted molar refractivity (Wildman–Crippen MR) is 111 cm³/mol. The molecular formula is C23H30N2O2. The van der Waals surface area contributed by atoms with E-state index < -0.39 is 11.7 Å². The number of alkyl carbamates (subject to hydrolysis) is 1. The highest BCUT2D eigenvalue weighted by atomic mass is 16.6. The highest BCUT2D eigenvalue weighted by Gasteiger charge is 2.16. The van der Waals surface area contributed by atoms with Crippen LogP contribution in [-0.2, 0) is 4.74 Å². The number of allylic oxidation sites excluding steroid dienone is 4. The number of ether oxygens (including phenoxy) is 1. The summed E-state index contributed by atoms with van der Waals surface area (Å²) in [4.78, 5) is 11.9. The molecule has 4 heteroatoms. The van der Waals surface area contributed by atoms with Gasteiger partial charge in [-0.1, -0.05) is 35.9 Å². The van der Waals surface area contributed by atoms with Crippen LogP contribution in [0, 0.1) is 18.3 Å². The Bertz CT molecular complexity index is 812. The number of benzene rings is 1. The van der Waals surface area contributed by atoms with Crippen molar-refractivity contribution in [1.29, 1.82) is 5.26 Å². The Morgan fingerprint density at radius 2 is 1.93 bits per heavy atom. The molecule has 0 spiro atoms. The van der Waals surface area contributed by atoms with Crippen molar-refractivity contribution in [2.24, 2.45) is 0 Å². The van der Waals surface area contributed by atoms with Crippen LogP contribution in [-0.4, -0.2) is 18.2 Å². The second-order valence-corrected chi connectivity index (χ2v) is 7.57. The number of carbonyl (C=O) groups is 1. The van der Waals surface area contributed by atoms with E-state index in [1.165, 1.54) is 0 Å². The average Bonchev–Trinajstić information content (AvgIpc) is 2.56. The SMILES string of the molecule is C/C=C(\C=C/C(CNC(=O)OC(C)(C)C)=C(C)C)c1c(C)cccc1C#N. The van der Waals surface area contributed by atoms with Crippen LogP contribution >= 0.6 is 0 Å². The maximum absolute atomic E-state index is 11.9. The molecule has 1 amide bonds. The minimum Gasteiger partial charge on any atom is -0.444 e. The number of nitrogens with zero attached hydrogens (tertiary/aromatic N) is 1. The van der Waals surface area contributed by atoms with Gasteiger partial charge in [0.15, 0.2) is 0 Å². The molecule has 1 aromatic carbocycles. The number of nitrogens with one attached hydrogen (secondary N) is 1. The molecule has 0 bridgehead atoms. The smallest absolute Gasteiger partial charge is 0.407 e. The quantitative estimate of drug-likeness (QED) is 0.681. The zero-order valence-electron chi connectivity index (χ0n) is 17.4. The van der Waals surface area contributed by atoms with E-state index in [2.05, 4.69) is 11.4 Å². The van der Waals surface area contributed by atoms with Crippen molar-refractivity contribution < 1.29 is 9.53 Å². The maximum atomic E-state index is 11.9. The summed E-state index contributed by atoms with van der Waals surface area (Å²) in [6.45, 7) is 13.8. The van der Waals surface area contributed by atoms with Gasteiger partial charge in [0.05, 0.1) is 11.6 Å². The van der Waals surface area contributed by atoms with Gasteiger partial charge < -0.3 is 10.1 Å². The molecule has 4 nitrogen and oxygen atoms in total. The molecule has 0 radical (unpaired) electrons. The first-order valence-electron chi connectivity index (χ1n) is 9.06. The zero-order chi connectivity index (χ0) is 20.6. The van der Waals surface area contributed by atoms with Crippen LogP contribution < -0.4 is 5.32 Å². The molecule has 0 aliphatic rings. The Labute approximate surface area is 163 Å². The van der Waals surface area contributed by atoms with Gasteiger partial charge in [-0.15, -0.1) is 0 Å². The lowest BCUT2D eigenvalue weighted by atomic mass is 9.94. The molecule has 0 aliphatic carbocycles. The van der Waals surface area contributed by atoms with Gasteiger partial charge in [0.2, 0.25) is 0 Å². The molecule has 0 aromatic heterocycles. The lowest BCUT2D eigenvalue weighted by Crippen LogP contribution is -2.33. The van der Waals surface area contributed by atoms with Crippen molar-refractivity contribution in [1.82, 2.24) is 5.32 Å². The predicted octanol–water partition coefficient (Wildman–Crippen LogP) is 5.69. The van der Waals surface area contributed by atoms with Crippen LogP contribution in [0.1, 0.15) is 58.2 Å². The summed E-state index contributed by atoms with van der Waals surface area (Å²) >= 11 is 0. The molecule has 0 atom stereocenters. The largest absolute Gasteiger partial charge is 0.444 e. The first-order valence-corrected chi connectivity index (χ1v) is 9.06. The zero-order valence-corrected chi connectivity index (χ0v) is 17.4. The molecule has 0 saturated carbocycles. The van der Waals surface area contributed by atoms with E-state index in [-0.39, 0.29) is 0 Å². The Morgan fingerprint density at radius 3 is 2.44 bits per heavy atom. The van der Waals surface area contributed by atoms with E-state index in [1.54, 1.807) is 0 Å². The molecule has 1 aromatic rings. The third-order valence-electron chi connectivity index (χ3n) is 3.92. The normalized spacial score (nSPS) is 11.9. The molecule has 0 saturated heterocycles.